The molecular weight excluding hydrogens is 196 g/mol. The van der Waals surface area contributed by atoms with Crippen molar-refractivity contribution in [3.63, 3.8) is 0 Å². The highest BCUT2D eigenvalue weighted by Crippen LogP contribution is 2.25. The Labute approximate surface area is 89.2 Å². The van der Waals surface area contributed by atoms with Crippen molar-refractivity contribution < 1.29 is 19.4 Å². The first-order chi connectivity index (χ1) is 6.77. The maximum atomic E-state index is 10.8. The van der Waals surface area contributed by atoms with Crippen LogP contribution in [0.5, 0.6) is 0 Å². The largest absolute Gasteiger partial charge is 0.478 e. The molecule has 0 aliphatic heterocycles. The van der Waals surface area contributed by atoms with E-state index in [1.807, 2.05) is 20.8 Å². The van der Waals surface area contributed by atoms with Crippen LogP contribution in [0.25, 0.3) is 0 Å². The van der Waals surface area contributed by atoms with Crippen LogP contribution in [0, 0.1) is 5.41 Å². The van der Waals surface area contributed by atoms with E-state index in [2.05, 4.69) is 4.74 Å². The van der Waals surface area contributed by atoms with Crippen LogP contribution in [0.4, 0.5) is 0 Å². The van der Waals surface area contributed by atoms with Crippen LogP contribution in [0.2, 0.25) is 0 Å². The summed E-state index contributed by atoms with van der Waals surface area (Å²) in [6.45, 7) is 5.59. The van der Waals surface area contributed by atoms with Gasteiger partial charge in [0.05, 0.1) is 7.11 Å². The number of carbonyl (C=O) groups is 2. The molecule has 0 aromatic carbocycles. The molecule has 0 radical (unpaired) electrons. The summed E-state index contributed by atoms with van der Waals surface area (Å²) >= 11 is 0. The first-order valence-corrected chi connectivity index (χ1v) is 4.48. The second-order valence-electron chi connectivity index (χ2n) is 4.04. The molecule has 0 spiro atoms. The summed E-state index contributed by atoms with van der Waals surface area (Å²) in [5, 5.41) is 8.64. The monoisotopic (exact) mass is 212 g/mol. The third-order valence-electron chi connectivity index (χ3n) is 1.75. The lowest BCUT2D eigenvalue weighted by molar-refractivity contribution is -0.135. The number of esters is 1. The number of rotatable bonds is 3. The second kappa shape index (κ2) is 5.34. The van der Waals surface area contributed by atoms with Crippen molar-refractivity contribution in [3.05, 3.63) is 23.8 Å². The van der Waals surface area contributed by atoms with E-state index in [0.717, 1.165) is 6.08 Å². The molecule has 0 aromatic heterocycles. The number of hydrogen-bond donors (Lipinski definition) is 1. The minimum absolute atomic E-state index is 0.330. The predicted octanol–water partition coefficient (Wildman–Crippen LogP) is 1.77. The van der Waals surface area contributed by atoms with Crippen molar-refractivity contribution in [1.29, 1.82) is 0 Å². The molecule has 0 unspecified atom stereocenters. The molecule has 0 atom stereocenters. The third-order valence-corrected chi connectivity index (χ3v) is 1.75. The lowest BCUT2D eigenvalue weighted by Gasteiger charge is -2.19. The zero-order valence-corrected chi connectivity index (χ0v) is 9.40. The van der Waals surface area contributed by atoms with Gasteiger partial charge in [-0.25, -0.2) is 9.59 Å². The number of carboxylic acid groups (broad SMARTS) is 1. The van der Waals surface area contributed by atoms with Gasteiger partial charge in [-0.1, -0.05) is 26.8 Å². The number of hydrogen-bond acceptors (Lipinski definition) is 3. The van der Waals surface area contributed by atoms with Gasteiger partial charge in [0.25, 0.3) is 0 Å². The average Bonchev–Trinajstić information content (AvgIpc) is 2.09. The topological polar surface area (TPSA) is 63.6 Å². The molecule has 0 aliphatic carbocycles. The van der Waals surface area contributed by atoms with Crippen molar-refractivity contribution in [2.75, 3.05) is 7.11 Å². The fraction of sp³-hybridized carbons (Fsp3) is 0.455. The Morgan fingerprint density at radius 1 is 1.20 bits per heavy atom. The molecule has 0 aromatic rings. The molecule has 0 heterocycles. The number of ether oxygens (including phenoxy) is 1. The van der Waals surface area contributed by atoms with Crippen LogP contribution >= 0.6 is 0 Å². The molecular formula is C11H16O4. The normalized spacial score (nSPS) is 12.9. The van der Waals surface area contributed by atoms with E-state index in [-0.39, 0.29) is 5.41 Å². The smallest absolute Gasteiger partial charge is 0.330 e. The molecule has 0 saturated carbocycles. The molecule has 0 rings (SSSR count). The Kier molecular flexibility index (Phi) is 4.78. The van der Waals surface area contributed by atoms with Gasteiger partial charge in [0, 0.05) is 12.2 Å². The highest BCUT2D eigenvalue weighted by Gasteiger charge is 2.16. The van der Waals surface area contributed by atoms with Crippen molar-refractivity contribution in [2.24, 2.45) is 5.41 Å². The van der Waals surface area contributed by atoms with Crippen LogP contribution in [-0.4, -0.2) is 24.2 Å². The lowest BCUT2D eigenvalue weighted by atomic mass is 9.86. The second-order valence-corrected chi connectivity index (χ2v) is 4.04. The summed E-state index contributed by atoms with van der Waals surface area (Å²) < 4.78 is 4.42. The molecule has 0 amide bonds. The number of aliphatic carboxylic acids is 1. The summed E-state index contributed by atoms with van der Waals surface area (Å²) in [4.78, 5) is 21.4. The Hall–Kier alpha value is -1.58. The fourth-order valence-electron chi connectivity index (χ4n) is 0.874. The summed E-state index contributed by atoms with van der Waals surface area (Å²) in [6, 6.07) is 0. The average molecular weight is 212 g/mol. The van der Waals surface area contributed by atoms with Crippen molar-refractivity contribution in [1.82, 2.24) is 0 Å². The van der Waals surface area contributed by atoms with E-state index >= 15 is 0 Å². The van der Waals surface area contributed by atoms with Crippen molar-refractivity contribution in [2.45, 2.75) is 20.8 Å². The summed E-state index contributed by atoms with van der Waals surface area (Å²) in [5.41, 5.74) is 0.225. The summed E-state index contributed by atoms with van der Waals surface area (Å²) in [6.07, 6.45) is 3.75. The molecule has 4 nitrogen and oxygen atoms in total. The van der Waals surface area contributed by atoms with E-state index in [0.29, 0.717) is 5.57 Å². The summed E-state index contributed by atoms with van der Waals surface area (Å²) in [5.74, 6) is -1.54. The maximum Gasteiger partial charge on any atom is 0.330 e. The standard InChI is InChI=1S/C11H16O4/c1-11(2,3)8(7-9(12)13)5-6-10(14)15-4/h5-7H,1-4H3,(H,12,13)/b6-5+,8-7-. The van der Waals surface area contributed by atoms with Gasteiger partial charge in [-0.05, 0) is 11.0 Å². The van der Waals surface area contributed by atoms with E-state index < -0.39 is 11.9 Å². The molecule has 0 aliphatic rings. The minimum atomic E-state index is -1.03. The van der Waals surface area contributed by atoms with E-state index in [1.54, 1.807) is 0 Å². The maximum absolute atomic E-state index is 10.8. The lowest BCUT2D eigenvalue weighted by Crippen LogP contribution is -2.10. The van der Waals surface area contributed by atoms with Crippen LogP contribution in [-0.2, 0) is 14.3 Å². The molecule has 1 N–H and O–H groups in total. The van der Waals surface area contributed by atoms with Gasteiger partial charge < -0.3 is 9.84 Å². The zero-order chi connectivity index (χ0) is 12.1. The Morgan fingerprint density at radius 2 is 1.73 bits per heavy atom. The van der Waals surface area contributed by atoms with Gasteiger partial charge in [0.2, 0.25) is 0 Å². The van der Waals surface area contributed by atoms with Crippen LogP contribution in [0.15, 0.2) is 23.8 Å². The first kappa shape index (κ1) is 13.4. The van der Waals surface area contributed by atoms with Crippen LogP contribution in [0.3, 0.4) is 0 Å². The number of carboxylic acids is 1. The number of allylic oxidation sites excluding steroid dienone is 2. The van der Waals surface area contributed by atoms with Gasteiger partial charge >= 0.3 is 11.9 Å². The SMILES string of the molecule is COC(=O)/C=C/C(=C/C(=O)O)C(C)(C)C. The van der Waals surface area contributed by atoms with Crippen LogP contribution in [0.1, 0.15) is 20.8 Å². The Bertz CT molecular complexity index is 305. The van der Waals surface area contributed by atoms with Crippen molar-refractivity contribution in [3.8, 4) is 0 Å². The minimum Gasteiger partial charge on any atom is -0.478 e. The molecule has 0 saturated heterocycles. The van der Waals surface area contributed by atoms with Gasteiger partial charge in [-0.15, -0.1) is 0 Å². The number of methoxy groups -OCH3 is 1. The van der Waals surface area contributed by atoms with Gasteiger partial charge in [0.1, 0.15) is 0 Å². The molecule has 84 valence electrons. The Morgan fingerprint density at radius 3 is 2.07 bits per heavy atom. The van der Waals surface area contributed by atoms with Crippen molar-refractivity contribution >= 4 is 11.9 Å². The highest BCUT2D eigenvalue weighted by atomic mass is 16.5. The fourth-order valence-corrected chi connectivity index (χ4v) is 0.874. The Balaban J connectivity index is 4.92. The van der Waals surface area contributed by atoms with Crippen LogP contribution < -0.4 is 0 Å². The molecule has 4 heteroatoms. The van der Waals surface area contributed by atoms with Gasteiger partial charge in [0.15, 0.2) is 0 Å². The highest BCUT2D eigenvalue weighted by molar-refractivity contribution is 5.84. The van der Waals surface area contributed by atoms with Gasteiger partial charge in [-0.3, -0.25) is 0 Å². The molecule has 0 fully saturated rings. The van der Waals surface area contributed by atoms with E-state index in [9.17, 15) is 9.59 Å². The van der Waals surface area contributed by atoms with Gasteiger partial charge in [-0.2, -0.15) is 0 Å². The zero-order valence-electron chi connectivity index (χ0n) is 9.40. The summed E-state index contributed by atoms with van der Waals surface area (Å²) in [7, 11) is 1.27. The molecule has 15 heavy (non-hydrogen) atoms. The van der Waals surface area contributed by atoms with E-state index in [1.165, 1.54) is 19.3 Å². The molecule has 0 bridgehead atoms. The predicted molar refractivity (Wildman–Crippen MR) is 56.3 cm³/mol. The van der Waals surface area contributed by atoms with E-state index in [4.69, 9.17) is 5.11 Å². The first-order valence-electron chi connectivity index (χ1n) is 4.48. The third kappa shape index (κ3) is 5.67. The number of carbonyl (C=O) groups excluding carboxylic acids is 1. The quantitative estimate of drug-likeness (QED) is 0.440.